The molecule has 3 aliphatic rings. The van der Waals surface area contributed by atoms with E-state index in [1.807, 2.05) is 0 Å². The standard InChI is InChI=1S/C24H26F4N4O/c25-19-3-2-15(10-20(19)26)17-12-29-13-18(22(33)31-16-4-6-24(27,28)11-16)21(17)32-9-7-23(14-32)5-1-8-30-23/h2-3,10,12-13,16,30H,1,4-9,11,14H2,(H,31,33)/t16-,23?/m1/s1. The van der Waals surface area contributed by atoms with Crippen molar-refractivity contribution in [3.05, 3.63) is 47.8 Å². The van der Waals surface area contributed by atoms with Crippen LogP contribution in [-0.2, 0) is 0 Å². The number of aromatic nitrogens is 1. The minimum absolute atomic E-state index is 0.0458. The molecule has 1 aromatic carbocycles. The zero-order valence-electron chi connectivity index (χ0n) is 18.1. The summed E-state index contributed by atoms with van der Waals surface area (Å²) in [5, 5.41) is 6.31. The minimum Gasteiger partial charge on any atom is -0.368 e. The summed E-state index contributed by atoms with van der Waals surface area (Å²) in [6, 6.07) is 2.98. The Hall–Kier alpha value is -2.68. The number of hydrogen-bond donors (Lipinski definition) is 2. The van der Waals surface area contributed by atoms with E-state index in [4.69, 9.17) is 0 Å². The topological polar surface area (TPSA) is 57.3 Å². The molecular formula is C24H26F4N4O. The molecule has 1 unspecified atom stereocenters. The van der Waals surface area contributed by atoms with Crippen molar-refractivity contribution in [1.29, 1.82) is 0 Å². The maximum Gasteiger partial charge on any atom is 0.255 e. The van der Waals surface area contributed by atoms with Crippen LogP contribution in [0.1, 0.15) is 48.9 Å². The molecule has 2 aromatic rings. The van der Waals surface area contributed by atoms with Crippen LogP contribution in [0.4, 0.5) is 23.2 Å². The highest BCUT2D eigenvalue weighted by molar-refractivity contribution is 6.03. The highest BCUT2D eigenvalue weighted by Crippen LogP contribution is 2.40. The number of amides is 1. The van der Waals surface area contributed by atoms with Gasteiger partial charge in [-0.05, 0) is 49.9 Å². The lowest BCUT2D eigenvalue weighted by molar-refractivity contribution is 0.00711. The van der Waals surface area contributed by atoms with E-state index in [1.54, 1.807) is 0 Å². The largest absolute Gasteiger partial charge is 0.368 e. The zero-order chi connectivity index (χ0) is 23.2. The third-order valence-corrected chi connectivity index (χ3v) is 7.13. The normalized spacial score (nSPS) is 26.3. The van der Waals surface area contributed by atoms with Crippen molar-refractivity contribution in [3.63, 3.8) is 0 Å². The Kier molecular flexibility index (Phi) is 5.55. The van der Waals surface area contributed by atoms with Crippen molar-refractivity contribution >= 4 is 11.6 Å². The van der Waals surface area contributed by atoms with E-state index in [9.17, 15) is 22.4 Å². The number of carbonyl (C=O) groups is 1. The Balaban J connectivity index is 1.53. The Labute approximate surface area is 189 Å². The van der Waals surface area contributed by atoms with E-state index in [0.717, 1.165) is 37.9 Å². The second-order valence-corrected chi connectivity index (χ2v) is 9.46. The second kappa shape index (κ2) is 8.27. The molecule has 2 N–H and O–H groups in total. The molecule has 5 nitrogen and oxygen atoms in total. The monoisotopic (exact) mass is 462 g/mol. The minimum atomic E-state index is -2.78. The van der Waals surface area contributed by atoms with E-state index >= 15 is 0 Å². The van der Waals surface area contributed by atoms with Crippen LogP contribution in [0, 0.1) is 11.6 Å². The fourth-order valence-corrected chi connectivity index (χ4v) is 5.45. The second-order valence-electron chi connectivity index (χ2n) is 9.46. The van der Waals surface area contributed by atoms with Gasteiger partial charge in [0, 0.05) is 55.5 Å². The van der Waals surface area contributed by atoms with Crippen LogP contribution in [0.3, 0.4) is 0 Å². The van der Waals surface area contributed by atoms with Gasteiger partial charge in [0.25, 0.3) is 5.91 Å². The Morgan fingerprint density at radius 1 is 1.15 bits per heavy atom. The maximum atomic E-state index is 14.0. The van der Waals surface area contributed by atoms with Crippen molar-refractivity contribution in [1.82, 2.24) is 15.6 Å². The number of halogens is 4. The van der Waals surface area contributed by atoms with Crippen LogP contribution in [0.2, 0.25) is 0 Å². The summed E-state index contributed by atoms with van der Waals surface area (Å²) in [5.41, 5.74) is 1.69. The van der Waals surface area contributed by atoms with Crippen LogP contribution in [0.25, 0.3) is 11.1 Å². The Morgan fingerprint density at radius 2 is 2.00 bits per heavy atom. The van der Waals surface area contributed by atoms with Crippen LogP contribution < -0.4 is 15.5 Å². The molecule has 2 atom stereocenters. The Morgan fingerprint density at radius 3 is 2.70 bits per heavy atom. The average molecular weight is 462 g/mol. The van der Waals surface area contributed by atoms with Gasteiger partial charge in [-0.25, -0.2) is 17.6 Å². The van der Waals surface area contributed by atoms with Gasteiger partial charge in [-0.1, -0.05) is 6.07 Å². The van der Waals surface area contributed by atoms with Gasteiger partial charge < -0.3 is 15.5 Å². The molecule has 5 rings (SSSR count). The lowest BCUT2D eigenvalue weighted by Crippen LogP contribution is -2.43. The van der Waals surface area contributed by atoms with Crippen molar-refractivity contribution < 1.29 is 22.4 Å². The van der Waals surface area contributed by atoms with Gasteiger partial charge in [0.05, 0.1) is 11.3 Å². The molecule has 0 radical (unpaired) electrons. The Bertz CT molecular complexity index is 1070. The van der Waals surface area contributed by atoms with Crippen LogP contribution in [0.5, 0.6) is 0 Å². The third kappa shape index (κ3) is 4.30. The van der Waals surface area contributed by atoms with Crippen LogP contribution in [-0.4, -0.2) is 48.0 Å². The molecule has 2 aliphatic heterocycles. The lowest BCUT2D eigenvalue weighted by Gasteiger charge is -2.28. The predicted molar refractivity (Wildman–Crippen MR) is 116 cm³/mol. The predicted octanol–water partition coefficient (Wildman–Crippen LogP) is 4.28. The number of nitrogens with one attached hydrogen (secondary N) is 2. The molecule has 1 aliphatic carbocycles. The van der Waals surface area contributed by atoms with E-state index in [0.29, 0.717) is 29.9 Å². The van der Waals surface area contributed by atoms with E-state index < -0.39 is 29.5 Å². The summed E-state index contributed by atoms with van der Waals surface area (Å²) in [6.45, 7) is 2.27. The van der Waals surface area contributed by atoms with Crippen molar-refractivity contribution in [2.24, 2.45) is 0 Å². The van der Waals surface area contributed by atoms with Crippen molar-refractivity contribution in [2.45, 2.75) is 56.0 Å². The van der Waals surface area contributed by atoms with Crippen molar-refractivity contribution in [3.8, 4) is 11.1 Å². The fraction of sp³-hybridized carbons (Fsp3) is 0.500. The first-order valence-electron chi connectivity index (χ1n) is 11.4. The molecule has 1 spiro atoms. The van der Waals surface area contributed by atoms with E-state index in [2.05, 4.69) is 20.5 Å². The molecule has 9 heteroatoms. The average Bonchev–Trinajstić information content (AvgIpc) is 3.51. The number of nitrogens with zero attached hydrogens (tertiary/aromatic N) is 2. The first-order chi connectivity index (χ1) is 15.8. The number of benzene rings is 1. The lowest BCUT2D eigenvalue weighted by atomic mass is 9.96. The summed E-state index contributed by atoms with van der Waals surface area (Å²) in [4.78, 5) is 19.5. The summed E-state index contributed by atoms with van der Waals surface area (Å²) in [6.07, 6.45) is 5.52. The molecule has 2 saturated heterocycles. The summed E-state index contributed by atoms with van der Waals surface area (Å²) in [5.74, 6) is -5.21. The van der Waals surface area contributed by atoms with Gasteiger partial charge >= 0.3 is 0 Å². The SMILES string of the molecule is O=C(N[C@@H]1CCC(F)(F)C1)c1cncc(-c2ccc(F)c(F)c2)c1N1CCC2(CCCN2)C1. The molecule has 3 heterocycles. The number of alkyl halides is 2. The van der Waals surface area contributed by atoms with Gasteiger partial charge in [0.15, 0.2) is 11.6 Å². The maximum absolute atomic E-state index is 14.0. The molecule has 0 bridgehead atoms. The molecule has 1 aromatic heterocycles. The van der Waals surface area contributed by atoms with Crippen molar-refractivity contribution in [2.75, 3.05) is 24.5 Å². The molecule has 1 saturated carbocycles. The molecule has 1 amide bonds. The van der Waals surface area contributed by atoms with Gasteiger partial charge in [-0.2, -0.15) is 0 Å². The first-order valence-corrected chi connectivity index (χ1v) is 11.4. The fourth-order valence-electron chi connectivity index (χ4n) is 5.45. The molecular weight excluding hydrogens is 436 g/mol. The summed E-state index contributed by atoms with van der Waals surface area (Å²) in [7, 11) is 0. The summed E-state index contributed by atoms with van der Waals surface area (Å²) >= 11 is 0. The van der Waals surface area contributed by atoms with Gasteiger partial charge in [-0.15, -0.1) is 0 Å². The van der Waals surface area contributed by atoms with Gasteiger partial charge in [0.1, 0.15) is 0 Å². The van der Waals surface area contributed by atoms with E-state index in [1.165, 1.54) is 18.5 Å². The van der Waals surface area contributed by atoms with E-state index in [-0.39, 0.29) is 30.4 Å². The number of rotatable bonds is 4. The van der Waals surface area contributed by atoms with Gasteiger partial charge in [-0.3, -0.25) is 9.78 Å². The smallest absolute Gasteiger partial charge is 0.255 e. The molecule has 3 fully saturated rings. The van der Waals surface area contributed by atoms with Crippen LogP contribution in [0.15, 0.2) is 30.6 Å². The number of anilines is 1. The third-order valence-electron chi connectivity index (χ3n) is 7.13. The van der Waals surface area contributed by atoms with Gasteiger partial charge in [0.2, 0.25) is 5.92 Å². The zero-order valence-corrected chi connectivity index (χ0v) is 18.1. The highest BCUT2D eigenvalue weighted by Gasteiger charge is 2.43. The molecule has 176 valence electrons. The number of carbonyl (C=O) groups excluding carboxylic acids is 1. The number of pyridine rings is 1. The quantitative estimate of drug-likeness (QED) is 0.667. The molecule has 33 heavy (non-hydrogen) atoms. The van der Waals surface area contributed by atoms with Crippen LogP contribution >= 0.6 is 0 Å². The first kappa shape index (κ1) is 22.1. The number of hydrogen-bond acceptors (Lipinski definition) is 4. The summed E-state index contributed by atoms with van der Waals surface area (Å²) < 4.78 is 54.9. The highest BCUT2D eigenvalue weighted by atomic mass is 19.3.